The number of fused-ring (bicyclic) bond motifs is 1. The summed E-state index contributed by atoms with van der Waals surface area (Å²) in [5.41, 5.74) is 1.88. The minimum atomic E-state index is -0.0271. The number of para-hydroxylation sites is 1. The molecule has 19 heavy (non-hydrogen) atoms. The number of carbonyl (C=O) groups is 1. The third-order valence-corrected chi connectivity index (χ3v) is 3.28. The lowest BCUT2D eigenvalue weighted by Gasteiger charge is -2.20. The molecule has 0 aliphatic heterocycles. The first-order valence-electron chi connectivity index (χ1n) is 6.88. The van der Waals surface area contributed by atoms with Crippen molar-refractivity contribution < 1.29 is 4.79 Å². The quantitative estimate of drug-likeness (QED) is 0.842. The molecule has 2 N–H and O–H groups in total. The highest BCUT2D eigenvalue weighted by atomic mass is 16.2. The third-order valence-electron chi connectivity index (χ3n) is 3.28. The zero-order valence-electron chi connectivity index (χ0n) is 11.6. The van der Waals surface area contributed by atoms with E-state index in [2.05, 4.69) is 17.2 Å². The van der Waals surface area contributed by atoms with E-state index in [1.54, 1.807) is 0 Å². The Bertz CT molecular complexity index is 547. The van der Waals surface area contributed by atoms with Gasteiger partial charge >= 0.3 is 6.03 Å². The Morgan fingerprint density at radius 2 is 2.11 bits per heavy atom. The van der Waals surface area contributed by atoms with Gasteiger partial charge in [0.15, 0.2) is 0 Å². The first kappa shape index (κ1) is 13.5. The van der Waals surface area contributed by atoms with Gasteiger partial charge in [0.05, 0.1) is 5.69 Å². The highest BCUT2D eigenvalue weighted by molar-refractivity contribution is 6.00. The number of aromatic amines is 1. The molecule has 0 atom stereocenters. The number of aromatic nitrogens is 1. The molecule has 0 radical (unpaired) electrons. The molecule has 0 saturated carbocycles. The van der Waals surface area contributed by atoms with Crippen molar-refractivity contribution in [3.05, 3.63) is 30.5 Å². The largest absolute Gasteiger partial charge is 0.359 e. The maximum absolute atomic E-state index is 12.2. The summed E-state index contributed by atoms with van der Waals surface area (Å²) in [6, 6.07) is 7.93. The average Bonchev–Trinajstić information content (AvgIpc) is 2.83. The maximum Gasteiger partial charge on any atom is 0.321 e. The molecule has 102 valence electrons. The van der Waals surface area contributed by atoms with Gasteiger partial charge in [0, 0.05) is 30.2 Å². The number of rotatable bonds is 5. The standard InChI is InChI=1S/C15H21N3O/c1-3-5-10-18(4-2)15(19)17-14-11-16-13-9-7-6-8-12(13)14/h6-9,11,16H,3-5,10H2,1-2H3,(H,17,19). The number of nitrogens with zero attached hydrogens (tertiary/aromatic N) is 1. The molecule has 4 nitrogen and oxygen atoms in total. The van der Waals surface area contributed by atoms with E-state index in [0.29, 0.717) is 0 Å². The van der Waals surface area contributed by atoms with Gasteiger partial charge in [-0.05, 0) is 19.4 Å². The fourth-order valence-corrected chi connectivity index (χ4v) is 2.12. The van der Waals surface area contributed by atoms with Crippen LogP contribution >= 0.6 is 0 Å². The first-order valence-corrected chi connectivity index (χ1v) is 6.88. The second-order valence-electron chi connectivity index (χ2n) is 4.61. The van der Waals surface area contributed by atoms with Crippen LogP contribution in [0, 0.1) is 0 Å². The summed E-state index contributed by atoms with van der Waals surface area (Å²) in [7, 11) is 0. The minimum absolute atomic E-state index is 0.0271. The number of urea groups is 1. The average molecular weight is 259 g/mol. The highest BCUT2D eigenvalue weighted by Gasteiger charge is 2.12. The van der Waals surface area contributed by atoms with Crippen LogP contribution in [0.1, 0.15) is 26.7 Å². The molecule has 0 unspecified atom stereocenters. The van der Waals surface area contributed by atoms with Gasteiger partial charge in [0.25, 0.3) is 0 Å². The fraction of sp³-hybridized carbons (Fsp3) is 0.400. The molecule has 0 spiro atoms. The molecule has 4 heteroatoms. The molecule has 2 amide bonds. The lowest BCUT2D eigenvalue weighted by atomic mass is 10.2. The number of amides is 2. The summed E-state index contributed by atoms with van der Waals surface area (Å²) in [5.74, 6) is 0. The summed E-state index contributed by atoms with van der Waals surface area (Å²) in [5, 5.41) is 4.02. The molecule has 0 saturated heterocycles. The van der Waals surface area contributed by atoms with Crippen molar-refractivity contribution >= 4 is 22.6 Å². The smallest absolute Gasteiger partial charge is 0.321 e. The summed E-state index contributed by atoms with van der Waals surface area (Å²) >= 11 is 0. The molecular formula is C15H21N3O. The summed E-state index contributed by atoms with van der Waals surface area (Å²) < 4.78 is 0. The van der Waals surface area contributed by atoms with Crippen LogP contribution in [0.2, 0.25) is 0 Å². The van der Waals surface area contributed by atoms with Crippen molar-refractivity contribution in [2.75, 3.05) is 18.4 Å². The third kappa shape index (κ3) is 3.08. The Morgan fingerprint density at radius 3 is 2.84 bits per heavy atom. The zero-order valence-corrected chi connectivity index (χ0v) is 11.6. The number of benzene rings is 1. The van der Waals surface area contributed by atoms with E-state index in [-0.39, 0.29) is 6.03 Å². The Morgan fingerprint density at radius 1 is 1.32 bits per heavy atom. The Labute approximate surface area is 113 Å². The van der Waals surface area contributed by atoms with Gasteiger partial charge in [-0.3, -0.25) is 0 Å². The van der Waals surface area contributed by atoms with Crippen LogP contribution in [0.5, 0.6) is 0 Å². The van der Waals surface area contributed by atoms with Crippen molar-refractivity contribution in [1.82, 2.24) is 9.88 Å². The summed E-state index contributed by atoms with van der Waals surface area (Å²) in [4.78, 5) is 17.2. The fourth-order valence-electron chi connectivity index (χ4n) is 2.12. The molecule has 1 heterocycles. The van der Waals surface area contributed by atoms with E-state index in [0.717, 1.165) is 42.5 Å². The lowest BCUT2D eigenvalue weighted by molar-refractivity contribution is 0.213. The van der Waals surface area contributed by atoms with Crippen LogP contribution in [-0.4, -0.2) is 29.0 Å². The van der Waals surface area contributed by atoms with Crippen LogP contribution in [0.15, 0.2) is 30.5 Å². The molecule has 0 fully saturated rings. The van der Waals surface area contributed by atoms with E-state index in [4.69, 9.17) is 0 Å². The Hall–Kier alpha value is -1.97. The molecular weight excluding hydrogens is 238 g/mol. The topological polar surface area (TPSA) is 48.1 Å². The zero-order chi connectivity index (χ0) is 13.7. The number of unbranched alkanes of at least 4 members (excludes halogenated alkanes) is 1. The molecule has 1 aromatic heterocycles. The lowest BCUT2D eigenvalue weighted by Crippen LogP contribution is -2.35. The van der Waals surface area contributed by atoms with Gasteiger partial charge in [-0.1, -0.05) is 31.5 Å². The van der Waals surface area contributed by atoms with Crippen LogP contribution < -0.4 is 5.32 Å². The Kier molecular flexibility index (Phi) is 4.44. The van der Waals surface area contributed by atoms with Gasteiger partial charge < -0.3 is 15.2 Å². The van der Waals surface area contributed by atoms with Gasteiger partial charge in [0.1, 0.15) is 0 Å². The Balaban J connectivity index is 2.09. The number of H-pyrrole nitrogens is 1. The van der Waals surface area contributed by atoms with Gasteiger partial charge in [-0.2, -0.15) is 0 Å². The minimum Gasteiger partial charge on any atom is -0.359 e. The SMILES string of the molecule is CCCCN(CC)C(=O)Nc1c[nH]c2ccccc12. The highest BCUT2D eigenvalue weighted by Crippen LogP contribution is 2.22. The van der Waals surface area contributed by atoms with E-state index in [1.807, 2.05) is 42.3 Å². The second-order valence-corrected chi connectivity index (χ2v) is 4.61. The number of hydrogen-bond acceptors (Lipinski definition) is 1. The normalized spacial score (nSPS) is 10.6. The van der Waals surface area contributed by atoms with Gasteiger partial charge in [-0.25, -0.2) is 4.79 Å². The van der Waals surface area contributed by atoms with Gasteiger partial charge in [0.2, 0.25) is 0 Å². The van der Waals surface area contributed by atoms with Crippen molar-refractivity contribution in [3.8, 4) is 0 Å². The molecule has 0 aliphatic rings. The number of nitrogens with one attached hydrogen (secondary N) is 2. The predicted octanol–water partition coefficient (Wildman–Crippen LogP) is 3.82. The van der Waals surface area contributed by atoms with Crippen molar-refractivity contribution in [1.29, 1.82) is 0 Å². The number of carbonyl (C=O) groups excluding carboxylic acids is 1. The van der Waals surface area contributed by atoms with Crippen molar-refractivity contribution in [2.45, 2.75) is 26.7 Å². The van der Waals surface area contributed by atoms with Crippen LogP contribution in [0.4, 0.5) is 10.5 Å². The van der Waals surface area contributed by atoms with Crippen LogP contribution in [0.25, 0.3) is 10.9 Å². The number of anilines is 1. The van der Waals surface area contributed by atoms with Crippen LogP contribution in [0.3, 0.4) is 0 Å². The number of hydrogen-bond donors (Lipinski definition) is 2. The second kappa shape index (κ2) is 6.27. The molecule has 2 aromatic rings. The van der Waals surface area contributed by atoms with E-state index in [9.17, 15) is 4.79 Å². The van der Waals surface area contributed by atoms with Crippen molar-refractivity contribution in [2.24, 2.45) is 0 Å². The van der Waals surface area contributed by atoms with E-state index in [1.165, 1.54) is 0 Å². The van der Waals surface area contributed by atoms with E-state index < -0.39 is 0 Å². The monoisotopic (exact) mass is 259 g/mol. The first-order chi connectivity index (χ1) is 9.26. The van der Waals surface area contributed by atoms with E-state index >= 15 is 0 Å². The molecule has 1 aromatic carbocycles. The molecule has 2 rings (SSSR count). The van der Waals surface area contributed by atoms with Crippen molar-refractivity contribution in [3.63, 3.8) is 0 Å². The van der Waals surface area contributed by atoms with Gasteiger partial charge in [-0.15, -0.1) is 0 Å². The predicted molar refractivity (Wildman–Crippen MR) is 79.5 cm³/mol. The molecule has 0 aliphatic carbocycles. The molecule has 0 bridgehead atoms. The van der Waals surface area contributed by atoms with Crippen LogP contribution in [-0.2, 0) is 0 Å². The summed E-state index contributed by atoms with van der Waals surface area (Å²) in [6.45, 7) is 5.67. The summed E-state index contributed by atoms with van der Waals surface area (Å²) in [6.07, 6.45) is 3.97. The maximum atomic E-state index is 12.2.